The molecule has 0 unspecified atom stereocenters. The molecule has 3 aliphatic rings. The third kappa shape index (κ3) is 1.43. The predicted molar refractivity (Wildman–Crippen MR) is 67.9 cm³/mol. The summed E-state index contributed by atoms with van der Waals surface area (Å²) >= 11 is 0. The molecular formula is C15H24O3. The monoisotopic (exact) mass is 252 g/mol. The summed E-state index contributed by atoms with van der Waals surface area (Å²) in [5.41, 5.74) is -1.33. The summed E-state index contributed by atoms with van der Waals surface area (Å²) in [6.45, 7) is 2.27. The highest BCUT2D eigenvalue weighted by Crippen LogP contribution is 2.65. The fraction of sp³-hybridized carbons (Fsp3) is 0.933. The number of aliphatic hydroxyl groups is 1. The van der Waals surface area contributed by atoms with Gasteiger partial charge in [-0.1, -0.05) is 19.3 Å². The summed E-state index contributed by atoms with van der Waals surface area (Å²) < 4.78 is 5.30. The van der Waals surface area contributed by atoms with Crippen LogP contribution in [0, 0.1) is 17.3 Å². The standard InChI is InChI=1S/C15H24O3/c1-2-18-13(16)14-8-5-9-15(14,17)12-7-4-3-6-11(12)10-14/h11-12,17H,2-10H2,1H3/t11-,12-,14-,15-/m0/s1. The van der Waals surface area contributed by atoms with Gasteiger partial charge in [-0.3, -0.25) is 4.79 Å². The van der Waals surface area contributed by atoms with Crippen LogP contribution < -0.4 is 0 Å². The van der Waals surface area contributed by atoms with E-state index in [1.54, 1.807) is 0 Å². The molecular weight excluding hydrogens is 228 g/mol. The number of rotatable bonds is 2. The molecule has 0 saturated heterocycles. The lowest BCUT2D eigenvalue weighted by atomic mass is 9.71. The van der Waals surface area contributed by atoms with Crippen LogP contribution >= 0.6 is 0 Å². The highest BCUT2D eigenvalue weighted by atomic mass is 16.5. The van der Waals surface area contributed by atoms with E-state index < -0.39 is 11.0 Å². The van der Waals surface area contributed by atoms with Gasteiger partial charge in [0.1, 0.15) is 0 Å². The number of carbonyl (C=O) groups excluding carboxylic acids is 1. The number of carbonyl (C=O) groups is 1. The molecule has 0 radical (unpaired) electrons. The molecule has 3 rings (SSSR count). The molecule has 4 atom stereocenters. The molecule has 1 N–H and O–H groups in total. The van der Waals surface area contributed by atoms with Crippen LogP contribution in [0.1, 0.15) is 58.3 Å². The molecule has 0 aromatic heterocycles. The zero-order valence-electron chi connectivity index (χ0n) is 11.3. The molecule has 3 aliphatic carbocycles. The second-order valence-electron chi connectivity index (χ2n) is 6.44. The Morgan fingerprint density at radius 3 is 2.83 bits per heavy atom. The first-order valence-electron chi connectivity index (χ1n) is 7.54. The van der Waals surface area contributed by atoms with Gasteiger partial charge in [-0.2, -0.15) is 0 Å². The number of fused-ring (bicyclic) bond motifs is 3. The minimum Gasteiger partial charge on any atom is -0.465 e. The summed E-state index contributed by atoms with van der Waals surface area (Å²) in [5.74, 6) is 0.769. The van der Waals surface area contributed by atoms with E-state index in [0.29, 0.717) is 18.4 Å². The zero-order chi connectivity index (χ0) is 12.8. The molecule has 0 aromatic rings. The first-order chi connectivity index (χ1) is 8.64. The quantitative estimate of drug-likeness (QED) is 0.769. The topological polar surface area (TPSA) is 46.5 Å². The summed E-state index contributed by atoms with van der Waals surface area (Å²) in [6.07, 6.45) is 8.23. The molecule has 0 amide bonds. The van der Waals surface area contributed by atoms with Crippen LogP contribution in [-0.4, -0.2) is 23.3 Å². The Morgan fingerprint density at radius 1 is 1.28 bits per heavy atom. The number of hydrogen-bond acceptors (Lipinski definition) is 3. The van der Waals surface area contributed by atoms with Crippen molar-refractivity contribution in [3.8, 4) is 0 Å². The normalized spacial score (nSPS) is 46.6. The van der Waals surface area contributed by atoms with Gasteiger partial charge in [-0.05, 0) is 50.9 Å². The van der Waals surface area contributed by atoms with Gasteiger partial charge in [0.25, 0.3) is 0 Å². The highest BCUT2D eigenvalue weighted by Gasteiger charge is 2.69. The first-order valence-corrected chi connectivity index (χ1v) is 7.54. The summed E-state index contributed by atoms with van der Waals surface area (Å²) in [4.78, 5) is 12.4. The van der Waals surface area contributed by atoms with Crippen LogP contribution in [0.3, 0.4) is 0 Å². The molecule has 0 bridgehead atoms. The SMILES string of the molecule is CCOC(=O)[C@@]12CCC[C@]1(O)[C@H]1CCCC[C@H]1C2. The van der Waals surface area contributed by atoms with Crippen LogP contribution in [0.25, 0.3) is 0 Å². The van der Waals surface area contributed by atoms with Gasteiger partial charge in [0.2, 0.25) is 0 Å². The van der Waals surface area contributed by atoms with E-state index in [-0.39, 0.29) is 5.97 Å². The Bertz CT molecular complexity index is 354. The fourth-order valence-electron chi connectivity index (χ4n) is 5.09. The van der Waals surface area contributed by atoms with Gasteiger partial charge in [0, 0.05) is 0 Å². The predicted octanol–water partition coefficient (Wildman–Crippen LogP) is 2.66. The zero-order valence-corrected chi connectivity index (χ0v) is 11.3. The Morgan fingerprint density at radius 2 is 2.06 bits per heavy atom. The minimum absolute atomic E-state index is 0.126. The Hall–Kier alpha value is -0.570. The maximum atomic E-state index is 12.4. The van der Waals surface area contributed by atoms with E-state index in [1.807, 2.05) is 6.92 Å². The molecule has 0 aliphatic heterocycles. The van der Waals surface area contributed by atoms with Gasteiger partial charge >= 0.3 is 5.97 Å². The van der Waals surface area contributed by atoms with Crippen LogP contribution in [0.15, 0.2) is 0 Å². The largest absolute Gasteiger partial charge is 0.465 e. The summed E-state index contributed by atoms with van der Waals surface area (Å²) in [5, 5.41) is 11.2. The second kappa shape index (κ2) is 4.22. The Balaban J connectivity index is 1.94. The van der Waals surface area contributed by atoms with Crippen molar-refractivity contribution in [2.24, 2.45) is 17.3 Å². The van der Waals surface area contributed by atoms with Gasteiger partial charge in [-0.15, -0.1) is 0 Å². The van der Waals surface area contributed by atoms with Crippen molar-refractivity contribution >= 4 is 5.97 Å². The van der Waals surface area contributed by atoms with E-state index in [0.717, 1.165) is 32.1 Å². The van der Waals surface area contributed by atoms with Crippen molar-refractivity contribution in [3.63, 3.8) is 0 Å². The number of esters is 1. The lowest BCUT2D eigenvalue weighted by Gasteiger charge is -2.39. The van der Waals surface area contributed by atoms with Crippen molar-refractivity contribution in [1.29, 1.82) is 0 Å². The molecule has 3 nitrogen and oxygen atoms in total. The Kier molecular flexibility index (Phi) is 2.92. The molecule has 102 valence electrons. The van der Waals surface area contributed by atoms with Crippen molar-refractivity contribution in [2.75, 3.05) is 6.61 Å². The number of hydrogen-bond donors (Lipinski definition) is 1. The molecule has 3 saturated carbocycles. The second-order valence-corrected chi connectivity index (χ2v) is 6.44. The smallest absolute Gasteiger partial charge is 0.315 e. The summed E-state index contributed by atoms with van der Waals surface area (Å²) in [7, 11) is 0. The van der Waals surface area contributed by atoms with Crippen molar-refractivity contribution in [1.82, 2.24) is 0 Å². The van der Waals surface area contributed by atoms with E-state index in [1.165, 1.54) is 19.3 Å². The average molecular weight is 252 g/mol. The van der Waals surface area contributed by atoms with E-state index in [4.69, 9.17) is 4.74 Å². The maximum absolute atomic E-state index is 12.4. The van der Waals surface area contributed by atoms with Gasteiger partial charge < -0.3 is 9.84 Å². The molecule has 18 heavy (non-hydrogen) atoms. The van der Waals surface area contributed by atoms with Gasteiger partial charge in [0.05, 0.1) is 17.6 Å². The van der Waals surface area contributed by atoms with Crippen LogP contribution in [0.2, 0.25) is 0 Å². The van der Waals surface area contributed by atoms with Crippen LogP contribution in [0.4, 0.5) is 0 Å². The molecule has 0 aromatic carbocycles. The first kappa shape index (κ1) is 12.5. The maximum Gasteiger partial charge on any atom is 0.315 e. The van der Waals surface area contributed by atoms with Gasteiger partial charge in [0.15, 0.2) is 0 Å². The molecule has 3 fully saturated rings. The lowest BCUT2D eigenvalue weighted by Crippen LogP contribution is -2.49. The fourth-order valence-corrected chi connectivity index (χ4v) is 5.09. The van der Waals surface area contributed by atoms with Gasteiger partial charge in [-0.25, -0.2) is 0 Å². The molecule has 0 heterocycles. The lowest BCUT2D eigenvalue weighted by molar-refractivity contribution is -0.170. The minimum atomic E-state index is -0.760. The van der Waals surface area contributed by atoms with Crippen molar-refractivity contribution in [2.45, 2.75) is 63.9 Å². The van der Waals surface area contributed by atoms with E-state index >= 15 is 0 Å². The Labute approximate surface area is 109 Å². The highest BCUT2D eigenvalue weighted by molar-refractivity contribution is 5.80. The summed E-state index contributed by atoms with van der Waals surface area (Å²) in [6, 6.07) is 0. The average Bonchev–Trinajstić information content (AvgIpc) is 2.80. The number of ether oxygens (including phenoxy) is 1. The molecule has 0 spiro atoms. The third-order valence-electron chi connectivity index (χ3n) is 5.79. The van der Waals surface area contributed by atoms with E-state index in [2.05, 4.69) is 0 Å². The molecule has 3 heteroatoms. The van der Waals surface area contributed by atoms with Crippen LogP contribution in [0.5, 0.6) is 0 Å². The van der Waals surface area contributed by atoms with Crippen LogP contribution in [-0.2, 0) is 9.53 Å². The van der Waals surface area contributed by atoms with Crippen molar-refractivity contribution in [3.05, 3.63) is 0 Å². The third-order valence-corrected chi connectivity index (χ3v) is 5.79. The van der Waals surface area contributed by atoms with Crippen molar-refractivity contribution < 1.29 is 14.6 Å². The van der Waals surface area contributed by atoms with E-state index in [9.17, 15) is 9.90 Å².